The second-order valence-electron chi connectivity index (χ2n) is 6.62. The molecule has 1 heterocycles. The van der Waals surface area contributed by atoms with Gasteiger partial charge in [0.25, 0.3) is 5.91 Å². The third-order valence-corrected chi connectivity index (χ3v) is 4.56. The Bertz CT molecular complexity index is 1150. The lowest BCUT2D eigenvalue weighted by molar-refractivity contribution is -0.139. The van der Waals surface area contributed by atoms with E-state index in [0.29, 0.717) is 39.0 Å². The molecular formula is C22H20ClN5O4. The smallest absolute Gasteiger partial charge is 0.341 e. The van der Waals surface area contributed by atoms with Crippen molar-refractivity contribution in [1.82, 2.24) is 4.98 Å². The number of anilines is 2. The standard InChI is InChI=1S/C22H20ClN5O4/c23-14-5-8-17(27-11-18-19(2-1-9-26-18)32-12-20(29)30)16(10-14)22(31)28-15-6-3-13(4-7-15)21(24)25/h1-10,27H,11-12H2,(H3,24,25)(H,28,31)(H,29,30). The molecule has 1 amide bonds. The number of benzene rings is 2. The Labute approximate surface area is 188 Å². The van der Waals surface area contributed by atoms with Crippen LogP contribution in [0.2, 0.25) is 5.02 Å². The van der Waals surface area contributed by atoms with Crippen LogP contribution in [0.3, 0.4) is 0 Å². The van der Waals surface area contributed by atoms with Crippen molar-refractivity contribution in [2.45, 2.75) is 6.54 Å². The Hall–Kier alpha value is -4.11. The van der Waals surface area contributed by atoms with E-state index in [2.05, 4.69) is 15.6 Å². The maximum atomic E-state index is 12.9. The van der Waals surface area contributed by atoms with E-state index in [1.165, 1.54) is 6.07 Å². The number of carboxylic acids is 1. The first-order chi connectivity index (χ1) is 15.3. The zero-order chi connectivity index (χ0) is 23.1. The van der Waals surface area contributed by atoms with Crippen molar-refractivity contribution in [1.29, 1.82) is 5.41 Å². The van der Waals surface area contributed by atoms with Crippen molar-refractivity contribution >= 4 is 40.7 Å². The predicted octanol–water partition coefficient (Wildman–Crippen LogP) is 3.35. The molecule has 0 aliphatic rings. The lowest BCUT2D eigenvalue weighted by Gasteiger charge is -2.14. The van der Waals surface area contributed by atoms with Gasteiger partial charge in [0.2, 0.25) is 0 Å². The number of nitrogens with one attached hydrogen (secondary N) is 3. The van der Waals surface area contributed by atoms with E-state index in [0.717, 1.165) is 0 Å². The highest BCUT2D eigenvalue weighted by Crippen LogP contribution is 2.24. The Morgan fingerprint density at radius 2 is 1.91 bits per heavy atom. The maximum absolute atomic E-state index is 12.9. The number of amides is 1. The molecule has 1 aromatic heterocycles. The highest BCUT2D eigenvalue weighted by atomic mass is 35.5. The van der Waals surface area contributed by atoms with Gasteiger partial charge >= 0.3 is 5.97 Å². The van der Waals surface area contributed by atoms with E-state index in [1.807, 2.05) is 0 Å². The molecule has 9 nitrogen and oxygen atoms in total. The van der Waals surface area contributed by atoms with E-state index in [4.69, 9.17) is 32.6 Å². The Morgan fingerprint density at radius 3 is 2.59 bits per heavy atom. The fourth-order valence-corrected chi connectivity index (χ4v) is 2.97. The van der Waals surface area contributed by atoms with Crippen LogP contribution in [0.15, 0.2) is 60.8 Å². The molecule has 0 spiro atoms. The van der Waals surface area contributed by atoms with Gasteiger partial charge in [0.15, 0.2) is 6.61 Å². The fraction of sp³-hybridized carbons (Fsp3) is 0.0909. The van der Waals surface area contributed by atoms with Crippen LogP contribution in [-0.2, 0) is 11.3 Å². The molecule has 2 aromatic carbocycles. The molecule has 0 fully saturated rings. The maximum Gasteiger partial charge on any atom is 0.341 e. The number of hydrogen-bond acceptors (Lipinski definition) is 6. The minimum absolute atomic E-state index is 0.0644. The lowest BCUT2D eigenvalue weighted by Crippen LogP contribution is -2.16. The minimum Gasteiger partial charge on any atom is -0.480 e. The van der Waals surface area contributed by atoms with E-state index in [-0.39, 0.29) is 12.4 Å². The first-order valence-electron chi connectivity index (χ1n) is 9.41. The van der Waals surface area contributed by atoms with Crippen molar-refractivity contribution in [2.75, 3.05) is 17.2 Å². The van der Waals surface area contributed by atoms with Crippen molar-refractivity contribution in [3.05, 3.63) is 82.6 Å². The molecule has 0 saturated carbocycles. The normalized spacial score (nSPS) is 10.3. The first kappa shape index (κ1) is 22.6. The van der Waals surface area contributed by atoms with Crippen LogP contribution < -0.4 is 21.1 Å². The molecule has 0 atom stereocenters. The summed E-state index contributed by atoms with van der Waals surface area (Å²) in [7, 11) is 0. The Balaban J connectivity index is 1.76. The molecule has 3 rings (SSSR count). The van der Waals surface area contributed by atoms with Crippen LogP contribution >= 0.6 is 11.6 Å². The van der Waals surface area contributed by atoms with E-state index in [9.17, 15) is 9.59 Å². The molecule has 10 heteroatoms. The fourth-order valence-electron chi connectivity index (χ4n) is 2.80. The van der Waals surface area contributed by atoms with Gasteiger partial charge in [-0.1, -0.05) is 11.6 Å². The van der Waals surface area contributed by atoms with Crippen LogP contribution in [-0.4, -0.2) is 34.4 Å². The number of pyridine rings is 1. The van der Waals surface area contributed by atoms with Gasteiger partial charge in [-0.15, -0.1) is 0 Å². The third kappa shape index (κ3) is 5.96. The predicted molar refractivity (Wildman–Crippen MR) is 122 cm³/mol. The van der Waals surface area contributed by atoms with Crippen LogP contribution in [0.25, 0.3) is 0 Å². The van der Waals surface area contributed by atoms with Crippen LogP contribution in [0.4, 0.5) is 11.4 Å². The summed E-state index contributed by atoms with van der Waals surface area (Å²) in [5.74, 6) is -1.23. The summed E-state index contributed by atoms with van der Waals surface area (Å²) < 4.78 is 5.26. The van der Waals surface area contributed by atoms with Gasteiger partial charge in [0, 0.05) is 28.2 Å². The molecular weight excluding hydrogens is 434 g/mol. The summed E-state index contributed by atoms with van der Waals surface area (Å²) in [5, 5.41) is 22.5. The zero-order valence-electron chi connectivity index (χ0n) is 16.8. The molecule has 0 unspecified atom stereocenters. The van der Waals surface area contributed by atoms with Gasteiger partial charge in [-0.3, -0.25) is 15.2 Å². The molecule has 0 aliphatic carbocycles. The first-order valence-corrected chi connectivity index (χ1v) is 9.79. The number of nitrogens with zero attached hydrogens (tertiary/aromatic N) is 1. The summed E-state index contributed by atoms with van der Waals surface area (Å²) in [4.78, 5) is 27.9. The average Bonchev–Trinajstić information content (AvgIpc) is 2.77. The largest absolute Gasteiger partial charge is 0.480 e. The summed E-state index contributed by atoms with van der Waals surface area (Å²) >= 11 is 6.10. The number of amidine groups is 1. The van der Waals surface area contributed by atoms with Gasteiger partial charge in [0.05, 0.1) is 12.1 Å². The molecule has 3 aromatic rings. The van der Waals surface area contributed by atoms with Crippen molar-refractivity contribution in [3.8, 4) is 5.75 Å². The number of carbonyl (C=O) groups is 2. The number of aromatic nitrogens is 1. The van der Waals surface area contributed by atoms with Gasteiger partial charge in [-0.2, -0.15) is 0 Å². The molecule has 6 N–H and O–H groups in total. The van der Waals surface area contributed by atoms with Crippen molar-refractivity contribution < 1.29 is 19.4 Å². The quantitative estimate of drug-likeness (QED) is 0.246. The number of nitrogens with two attached hydrogens (primary N) is 1. The molecule has 164 valence electrons. The molecule has 0 saturated heterocycles. The summed E-state index contributed by atoms with van der Waals surface area (Å²) in [6.45, 7) is -0.305. The second-order valence-corrected chi connectivity index (χ2v) is 7.06. The number of rotatable bonds is 9. The van der Waals surface area contributed by atoms with Crippen LogP contribution in [0.1, 0.15) is 21.6 Å². The average molecular weight is 454 g/mol. The number of aliphatic carboxylic acids is 1. The van der Waals surface area contributed by atoms with E-state index < -0.39 is 18.5 Å². The number of halogens is 1. The minimum atomic E-state index is -1.10. The highest BCUT2D eigenvalue weighted by Gasteiger charge is 2.14. The van der Waals surface area contributed by atoms with Gasteiger partial charge in [0.1, 0.15) is 17.3 Å². The molecule has 0 aliphatic heterocycles. The summed E-state index contributed by atoms with van der Waals surface area (Å²) in [5.41, 5.74) is 7.81. The Morgan fingerprint density at radius 1 is 1.16 bits per heavy atom. The number of nitrogen functional groups attached to an aromatic ring is 1. The van der Waals surface area contributed by atoms with E-state index in [1.54, 1.807) is 54.7 Å². The molecule has 0 radical (unpaired) electrons. The Kier molecular flexibility index (Phi) is 7.25. The van der Waals surface area contributed by atoms with Crippen molar-refractivity contribution in [2.24, 2.45) is 5.73 Å². The van der Waals surface area contributed by atoms with Gasteiger partial charge < -0.3 is 26.2 Å². The number of hydrogen-bond donors (Lipinski definition) is 5. The summed E-state index contributed by atoms with van der Waals surface area (Å²) in [6, 6.07) is 14.7. The number of carboxylic acid groups (broad SMARTS) is 1. The van der Waals surface area contributed by atoms with Gasteiger partial charge in [-0.25, -0.2) is 4.79 Å². The van der Waals surface area contributed by atoms with Crippen LogP contribution in [0, 0.1) is 5.41 Å². The SMILES string of the molecule is N=C(N)c1ccc(NC(=O)c2cc(Cl)ccc2NCc2ncccc2OCC(=O)O)cc1. The zero-order valence-corrected chi connectivity index (χ0v) is 17.5. The third-order valence-electron chi connectivity index (χ3n) is 4.33. The van der Waals surface area contributed by atoms with Crippen molar-refractivity contribution in [3.63, 3.8) is 0 Å². The van der Waals surface area contributed by atoms with Crippen LogP contribution in [0.5, 0.6) is 5.75 Å². The van der Waals surface area contributed by atoms with E-state index >= 15 is 0 Å². The monoisotopic (exact) mass is 453 g/mol. The number of ether oxygens (including phenoxy) is 1. The summed E-state index contributed by atoms with van der Waals surface area (Å²) in [6.07, 6.45) is 1.56. The molecule has 0 bridgehead atoms. The highest BCUT2D eigenvalue weighted by molar-refractivity contribution is 6.31. The van der Waals surface area contributed by atoms with Gasteiger partial charge in [-0.05, 0) is 54.6 Å². The second kappa shape index (κ2) is 10.3. The molecule has 32 heavy (non-hydrogen) atoms. The topological polar surface area (TPSA) is 150 Å². The lowest BCUT2D eigenvalue weighted by atomic mass is 10.1. The number of carbonyl (C=O) groups excluding carboxylic acids is 1.